The first-order valence-corrected chi connectivity index (χ1v) is 7.22. The number of hydrogen-bond donors (Lipinski definition) is 0. The molecular weight excluding hydrogens is 267 g/mol. The standard InChI is InChI=1S/C17H17FN2O/c1-10(2)17-19-15-9-13(21)7-8-14(15)16(20-17)11-3-5-12(18)6-4-11/h3-6,10H,7-9H2,1-2H3. The van der Waals surface area contributed by atoms with Gasteiger partial charge < -0.3 is 0 Å². The second-order valence-electron chi connectivity index (χ2n) is 5.73. The van der Waals surface area contributed by atoms with Gasteiger partial charge in [-0.3, -0.25) is 4.79 Å². The minimum Gasteiger partial charge on any atom is -0.299 e. The van der Waals surface area contributed by atoms with E-state index in [9.17, 15) is 9.18 Å². The zero-order chi connectivity index (χ0) is 15.0. The summed E-state index contributed by atoms with van der Waals surface area (Å²) in [5.41, 5.74) is 3.59. The molecule has 0 saturated carbocycles. The van der Waals surface area contributed by atoms with Gasteiger partial charge in [0.2, 0.25) is 0 Å². The summed E-state index contributed by atoms with van der Waals surface area (Å²) in [6, 6.07) is 6.34. The normalized spacial score (nSPS) is 14.4. The zero-order valence-corrected chi connectivity index (χ0v) is 12.2. The number of benzene rings is 1. The van der Waals surface area contributed by atoms with Crippen LogP contribution in [0.5, 0.6) is 0 Å². The molecule has 0 fully saturated rings. The van der Waals surface area contributed by atoms with E-state index in [0.29, 0.717) is 19.3 Å². The average molecular weight is 284 g/mol. The lowest BCUT2D eigenvalue weighted by atomic mass is 9.91. The van der Waals surface area contributed by atoms with Crippen LogP contribution in [0.3, 0.4) is 0 Å². The van der Waals surface area contributed by atoms with Crippen molar-refractivity contribution >= 4 is 5.78 Å². The second kappa shape index (κ2) is 5.35. The molecule has 0 saturated heterocycles. The fourth-order valence-electron chi connectivity index (χ4n) is 2.60. The molecule has 0 radical (unpaired) electrons. The monoisotopic (exact) mass is 284 g/mol. The van der Waals surface area contributed by atoms with Gasteiger partial charge in [-0.15, -0.1) is 0 Å². The van der Waals surface area contributed by atoms with Gasteiger partial charge in [0.25, 0.3) is 0 Å². The van der Waals surface area contributed by atoms with Crippen LogP contribution in [0.1, 0.15) is 43.3 Å². The third-order valence-corrected chi connectivity index (χ3v) is 3.76. The van der Waals surface area contributed by atoms with Gasteiger partial charge in [-0.25, -0.2) is 14.4 Å². The van der Waals surface area contributed by atoms with Crippen LogP contribution in [0.2, 0.25) is 0 Å². The van der Waals surface area contributed by atoms with E-state index in [2.05, 4.69) is 9.97 Å². The number of fused-ring (bicyclic) bond motifs is 1. The Morgan fingerprint density at radius 1 is 1.10 bits per heavy atom. The minimum absolute atomic E-state index is 0.187. The summed E-state index contributed by atoms with van der Waals surface area (Å²) in [5.74, 6) is 0.885. The second-order valence-corrected chi connectivity index (χ2v) is 5.73. The minimum atomic E-state index is -0.263. The Bertz CT molecular complexity index is 693. The fraction of sp³-hybridized carbons (Fsp3) is 0.353. The highest BCUT2D eigenvalue weighted by Crippen LogP contribution is 2.29. The first-order chi connectivity index (χ1) is 10.0. The van der Waals surface area contributed by atoms with Gasteiger partial charge in [-0.2, -0.15) is 0 Å². The molecule has 1 aliphatic carbocycles. The molecule has 0 amide bonds. The molecule has 0 aliphatic heterocycles. The van der Waals surface area contributed by atoms with E-state index in [0.717, 1.165) is 28.3 Å². The van der Waals surface area contributed by atoms with E-state index >= 15 is 0 Å². The Kier molecular flexibility index (Phi) is 3.53. The Labute approximate surface area is 123 Å². The van der Waals surface area contributed by atoms with Gasteiger partial charge in [-0.05, 0) is 30.7 Å². The molecule has 21 heavy (non-hydrogen) atoms. The molecule has 4 heteroatoms. The molecule has 108 valence electrons. The van der Waals surface area contributed by atoms with Gasteiger partial charge in [-0.1, -0.05) is 13.8 Å². The van der Waals surface area contributed by atoms with E-state index in [1.165, 1.54) is 12.1 Å². The van der Waals surface area contributed by atoms with Crippen molar-refractivity contribution < 1.29 is 9.18 Å². The van der Waals surface area contributed by atoms with E-state index in [1.807, 2.05) is 13.8 Å². The quantitative estimate of drug-likeness (QED) is 0.848. The van der Waals surface area contributed by atoms with Gasteiger partial charge in [0.05, 0.1) is 11.4 Å². The van der Waals surface area contributed by atoms with Crippen molar-refractivity contribution in [3.05, 3.63) is 47.2 Å². The van der Waals surface area contributed by atoms with Crippen molar-refractivity contribution in [1.82, 2.24) is 9.97 Å². The van der Waals surface area contributed by atoms with Crippen LogP contribution < -0.4 is 0 Å². The predicted molar refractivity (Wildman–Crippen MR) is 78.5 cm³/mol. The fourth-order valence-corrected chi connectivity index (χ4v) is 2.60. The molecule has 1 aliphatic rings. The molecular formula is C17H17FN2O. The highest BCUT2D eigenvalue weighted by molar-refractivity contribution is 5.84. The van der Waals surface area contributed by atoms with Crippen LogP contribution in [-0.4, -0.2) is 15.8 Å². The van der Waals surface area contributed by atoms with Crippen LogP contribution in [0, 0.1) is 5.82 Å². The lowest BCUT2D eigenvalue weighted by Crippen LogP contribution is -2.18. The summed E-state index contributed by atoms with van der Waals surface area (Å²) in [7, 11) is 0. The molecule has 1 heterocycles. The van der Waals surface area contributed by atoms with Gasteiger partial charge in [0.15, 0.2) is 0 Å². The lowest BCUT2D eigenvalue weighted by Gasteiger charge is -2.19. The van der Waals surface area contributed by atoms with Crippen molar-refractivity contribution in [2.45, 2.75) is 39.0 Å². The summed E-state index contributed by atoms with van der Waals surface area (Å²) < 4.78 is 13.1. The summed E-state index contributed by atoms with van der Waals surface area (Å²) in [6.45, 7) is 4.06. The van der Waals surface area contributed by atoms with E-state index < -0.39 is 0 Å². The van der Waals surface area contributed by atoms with Crippen LogP contribution >= 0.6 is 0 Å². The van der Waals surface area contributed by atoms with Gasteiger partial charge >= 0.3 is 0 Å². The highest BCUT2D eigenvalue weighted by atomic mass is 19.1. The molecule has 3 rings (SSSR count). The third-order valence-electron chi connectivity index (χ3n) is 3.76. The van der Waals surface area contributed by atoms with E-state index in [4.69, 9.17) is 0 Å². The molecule has 3 nitrogen and oxygen atoms in total. The molecule has 1 aromatic carbocycles. The van der Waals surface area contributed by atoms with Crippen LogP contribution in [0.15, 0.2) is 24.3 Å². The van der Waals surface area contributed by atoms with Crippen molar-refractivity contribution in [1.29, 1.82) is 0 Å². The Morgan fingerprint density at radius 3 is 2.48 bits per heavy atom. The number of carbonyl (C=O) groups excluding carboxylic acids is 1. The van der Waals surface area contributed by atoms with Crippen molar-refractivity contribution in [3.8, 4) is 11.3 Å². The Morgan fingerprint density at radius 2 is 1.81 bits per heavy atom. The van der Waals surface area contributed by atoms with Gasteiger partial charge in [0, 0.05) is 29.9 Å². The summed E-state index contributed by atoms with van der Waals surface area (Å²) in [6.07, 6.45) is 1.58. The summed E-state index contributed by atoms with van der Waals surface area (Å²) in [5, 5.41) is 0. The molecule has 0 unspecified atom stereocenters. The molecule has 0 N–H and O–H groups in total. The van der Waals surface area contributed by atoms with E-state index in [-0.39, 0.29) is 17.5 Å². The topological polar surface area (TPSA) is 42.9 Å². The number of Topliss-reactive ketones (excluding diaryl/α,β-unsaturated/α-hetero) is 1. The zero-order valence-electron chi connectivity index (χ0n) is 12.2. The maximum atomic E-state index is 13.1. The number of nitrogens with zero attached hydrogens (tertiary/aromatic N) is 2. The molecule has 0 bridgehead atoms. The largest absolute Gasteiger partial charge is 0.299 e. The maximum absolute atomic E-state index is 13.1. The third kappa shape index (κ3) is 2.71. The Balaban J connectivity index is 2.18. The lowest BCUT2D eigenvalue weighted by molar-refractivity contribution is -0.118. The van der Waals surface area contributed by atoms with Crippen LogP contribution in [0.4, 0.5) is 4.39 Å². The molecule has 0 atom stereocenters. The maximum Gasteiger partial charge on any atom is 0.139 e. The summed E-state index contributed by atoms with van der Waals surface area (Å²) >= 11 is 0. The van der Waals surface area contributed by atoms with Crippen LogP contribution in [0.25, 0.3) is 11.3 Å². The number of carbonyl (C=O) groups is 1. The van der Waals surface area contributed by atoms with Crippen molar-refractivity contribution in [2.75, 3.05) is 0 Å². The SMILES string of the molecule is CC(C)c1nc2c(c(-c3ccc(F)cc3)n1)CCC(=O)C2. The van der Waals surface area contributed by atoms with Crippen molar-refractivity contribution in [3.63, 3.8) is 0 Å². The van der Waals surface area contributed by atoms with Gasteiger partial charge in [0.1, 0.15) is 17.4 Å². The molecule has 2 aromatic rings. The first-order valence-electron chi connectivity index (χ1n) is 7.22. The number of aromatic nitrogens is 2. The molecule has 0 spiro atoms. The van der Waals surface area contributed by atoms with Crippen molar-refractivity contribution in [2.24, 2.45) is 0 Å². The predicted octanol–water partition coefficient (Wildman–Crippen LogP) is 3.46. The highest BCUT2D eigenvalue weighted by Gasteiger charge is 2.23. The average Bonchev–Trinajstić information content (AvgIpc) is 2.46. The number of hydrogen-bond acceptors (Lipinski definition) is 3. The number of ketones is 1. The number of rotatable bonds is 2. The smallest absolute Gasteiger partial charge is 0.139 e. The van der Waals surface area contributed by atoms with E-state index in [1.54, 1.807) is 12.1 Å². The first kappa shape index (κ1) is 13.9. The summed E-state index contributed by atoms with van der Waals surface area (Å²) in [4.78, 5) is 20.9. The Hall–Kier alpha value is -2.10. The van der Waals surface area contributed by atoms with Crippen LogP contribution in [-0.2, 0) is 17.6 Å². The molecule has 1 aromatic heterocycles. The number of halogens is 1.